The van der Waals surface area contributed by atoms with Gasteiger partial charge in [-0.1, -0.05) is 19.6 Å². The molecule has 20 heavy (non-hydrogen) atoms. The Kier molecular flexibility index (Phi) is 5.23. The molecule has 0 aliphatic heterocycles. The fourth-order valence-electron chi connectivity index (χ4n) is 2.37. The lowest BCUT2D eigenvalue weighted by Gasteiger charge is -2.16. The third kappa shape index (κ3) is 4.92. The molecule has 2 atom stereocenters. The molecule has 1 aromatic rings. The van der Waals surface area contributed by atoms with Crippen molar-refractivity contribution in [3.05, 3.63) is 12.4 Å². The summed E-state index contributed by atoms with van der Waals surface area (Å²) in [6, 6.07) is 1.34. The zero-order valence-electron chi connectivity index (χ0n) is 12.8. The van der Waals surface area contributed by atoms with E-state index in [9.17, 15) is 5.11 Å². The smallest absolute Gasteiger partial charge is 0.139 e. The highest BCUT2D eigenvalue weighted by molar-refractivity contribution is 6.76. The summed E-state index contributed by atoms with van der Waals surface area (Å²) in [5.41, 5.74) is 0.963. The van der Waals surface area contributed by atoms with Crippen LogP contribution >= 0.6 is 0 Å². The monoisotopic (exact) mass is 297 g/mol. The average Bonchev–Trinajstić information content (AvgIpc) is 2.95. The van der Waals surface area contributed by atoms with Gasteiger partial charge in [-0.3, -0.25) is 0 Å². The molecule has 0 saturated heterocycles. The Bertz CT molecular complexity index is 417. The van der Waals surface area contributed by atoms with Gasteiger partial charge in [-0.05, 0) is 25.3 Å². The lowest BCUT2D eigenvalue weighted by molar-refractivity contribution is 0.0786. The van der Waals surface area contributed by atoms with Gasteiger partial charge in [-0.15, -0.1) is 0 Å². The Hall–Kier alpha value is -0.853. The Morgan fingerprint density at radius 2 is 2.25 bits per heavy atom. The van der Waals surface area contributed by atoms with Gasteiger partial charge in [-0.2, -0.15) is 5.10 Å². The average molecular weight is 297 g/mol. The predicted molar refractivity (Wildman–Crippen MR) is 83.6 cm³/mol. The number of ether oxygens (including phenoxy) is 1. The summed E-state index contributed by atoms with van der Waals surface area (Å²) in [7, 11) is -1.02. The van der Waals surface area contributed by atoms with E-state index in [4.69, 9.17) is 4.74 Å². The van der Waals surface area contributed by atoms with Crippen LogP contribution in [0, 0.1) is 0 Å². The highest BCUT2D eigenvalue weighted by atomic mass is 28.3. The molecule has 0 bridgehead atoms. The minimum atomic E-state index is -1.02. The largest absolute Gasteiger partial charge is 0.391 e. The summed E-state index contributed by atoms with van der Waals surface area (Å²) >= 11 is 0. The first-order valence-electron chi connectivity index (χ1n) is 7.49. The maximum Gasteiger partial charge on any atom is 0.139 e. The highest BCUT2D eigenvalue weighted by Gasteiger charge is 2.25. The molecule has 1 saturated carbocycles. The second-order valence-electron chi connectivity index (χ2n) is 6.87. The molecule has 1 fully saturated rings. The van der Waals surface area contributed by atoms with Crippen LogP contribution in [0.3, 0.4) is 0 Å². The van der Waals surface area contributed by atoms with E-state index in [2.05, 4.69) is 30.1 Å². The third-order valence-electron chi connectivity index (χ3n) is 3.68. The van der Waals surface area contributed by atoms with Crippen molar-refractivity contribution >= 4 is 13.8 Å². The third-order valence-corrected chi connectivity index (χ3v) is 5.39. The number of aromatic nitrogens is 2. The number of hydrogen-bond donors (Lipinski definition) is 2. The molecule has 1 aromatic heterocycles. The number of nitrogens with zero attached hydrogens (tertiary/aromatic N) is 2. The molecule has 0 spiro atoms. The second kappa shape index (κ2) is 6.73. The molecule has 1 aliphatic carbocycles. The van der Waals surface area contributed by atoms with Crippen molar-refractivity contribution in [2.75, 3.05) is 11.9 Å². The van der Waals surface area contributed by atoms with E-state index < -0.39 is 8.07 Å². The zero-order chi connectivity index (χ0) is 14.6. The van der Waals surface area contributed by atoms with Gasteiger partial charge in [0.2, 0.25) is 0 Å². The Balaban J connectivity index is 1.72. The van der Waals surface area contributed by atoms with Gasteiger partial charge < -0.3 is 15.2 Å². The number of aliphatic hydroxyl groups is 1. The van der Waals surface area contributed by atoms with Crippen LogP contribution in [0.15, 0.2) is 12.4 Å². The van der Waals surface area contributed by atoms with Crippen LogP contribution < -0.4 is 5.32 Å². The first-order valence-corrected chi connectivity index (χ1v) is 11.2. The lowest BCUT2D eigenvalue weighted by Crippen LogP contribution is -2.27. The van der Waals surface area contributed by atoms with E-state index >= 15 is 0 Å². The summed E-state index contributed by atoms with van der Waals surface area (Å²) in [5, 5.41) is 17.4. The topological polar surface area (TPSA) is 59.3 Å². The molecule has 114 valence electrons. The molecule has 0 aromatic carbocycles. The standard InChI is InChI=1S/C14H27N3O2Si/c1-20(2,3)8-7-19-11-17-10-12(9-15-17)16-13-5-4-6-14(13)18/h9-10,13-14,16,18H,4-8,11H2,1-3H3/t13-,14-/m1/s1. The van der Waals surface area contributed by atoms with Gasteiger partial charge in [0, 0.05) is 14.7 Å². The van der Waals surface area contributed by atoms with E-state index in [0.717, 1.165) is 31.6 Å². The first-order chi connectivity index (χ1) is 9.44. The molecule has 5 nitrogen and oxygen atoms in total. The summed E-state index contributed by atoms with van der Waals surface area (Å²) in [5.74, 6) is 0. The van der Waals surface area contributed by atoms with Gasteiger partial charge in [0.15, 0.2) is 0 Å². The fourth-order valence-corrected chi connectivity index (χ4v) is 3.12. The quantitative estimate of drug-likeness (QED) is 0.600. The van der Waals surface area contributed by atoms with Crippen molar-refractivity contribution < 1.29 is 9.84 Å². The van der Waals surface area contributed by atoms with Crippen molar-refractivity contribution in [2.24, 2.45) is 0 Å². The van der Waals surface area contributed by atoms with Crippen LogP contribution in [-0.4, -0.2) is 41.7 Å². The van der Waals surface area contributed by atoms with Crippen molar-refractivity contribution in [2.45, 2.75) is 63.8 Å². The van der Waals surface area contributed by atoms with Gasteiger partial charge >= 0.3 is 0 Å². The minimum Gasteiger partial charge on any atom is -0.391 e. The molecule has 0 unspecified atom stereocenters. The summed E-state index contributed by atoms with van der Waals surface area (Å²) < 4.78 is 7.46. The van der Waals surface area contributed by atoms with Crippen LogP contribution in [-0.2, 0) is 11.5 Å². The van der Waals surface area contributed by atoms with Crippen molar-refractivity contribution in [1.29, 1.82) is 0 Å². The van der Waals surface area contributed by atoms with E-state index in [1.165, 1.54) is 6.04 Å². The highest BCUT2D eigenvalue weighted by Crippen LogP contribution is 2.22. The van der Waals surface area contributed by atoms with E-state index in [-0.39, 0.29) is 12.1 Å². The first kappa shape index (κ1) is 15.5. The van der Waals surface area contributed by atoms with Crippen LogP contribution in [0.4, 0.5) is 5.69 Å². The minimum absolute atomic E-state index is 0.167. The summed E-state index contributed by atoms with van der Waals surface area (Å²) in [4.78, 5) is 0. The van der Waals surface area contributed by atoms with Gasteiger partial charge in [-0.25, -0.2) is 4.68 Å². The van der Waals surface area contributed by atoms with E-state index in [1.807, 2.05) is 6.20 Å². The van der Waals surface area contributed by atoms with Gasteiger partial charge in [0.1, 0.15) is 6.73 Å². The molecule has 0 radical (unpaired) electrons. The number of nitrogens with one attached hydrogen (secondary N) is 1. The van der Waals surface area contributed by atoms with Crippen LogP contribution in [0.1, 0.15) is 19.3 Å². The van der Waals surface area contributed by atoms with Crippen LogP contribution in [0.25, 0.3) is 0 Å². The Labute approximate surface area is 122 Å². The number of aliphatic hydroxyl groups excluding tert-OH is 1. The molecule has 2 N–H and O–H groups in total. The van der Waals surface area contributed by atoms with Crippen LogP contribution in [0.2, 0.25) is 25.7 Å². The molecular weight excluding hydrogens is 270 g/mol. The SMILES string of the molecule is C[Si](C)(C)CCOCn1cc(N[C@@H]2CCC[C@H]2O)cn1. The molecule has 1 heterocycles. The van der Waals surface area contributed by atoms with Gasteiger partial charge in [0.25, 0.3) is 0 Å². The van der Waals surface area contributed by atoms with Gasteiger partial charge in [0.05, 0.1) is 30.2 Å². The van der Waals surface area contributed by atoms with Crippen molar-refractivity contribution in [1.82, 2.24) is 9.78 Å². The number of rotatable bonds is 7. The summed E-state index contributed by atoms with van der Waals surface area (Å²) in [6.07, 6.45) is 6.52. The number of anilines is 1. The predicted octanol–water partition coefficient (Wildman–Crippen LogP) is 2.52. The maximum absolute atomic E-state index is 9.80. The lowest BCUT2D eigenvalue weighted by atomic mass is 10.2. The van der Waals surface area contributed by atoms with Crippen molar-refractivity contribution in [3.8, 4) is 0 Å². The molecule has 6 heteroatoms. The second-order valence-corrected chi connectivity index (χ2v) is 12.5. The summed E-state index contributed by atoms with van der Waals surface area (Å²) in [6.45, 7) is 8.34. The van der Waals surface area contributed by atoms with Crippen LogP contribution in [0.5, 0.6) is 0 Å². The Morgan fingerprint density at radius 1 is 1.45 bits per heavy atom. The molecule has 2 rings (SSSR count). The fraction of sp³-hybridized carbons (Fsp3) is 0.786. The van der Waals surface area contributed by atoms with E-state index in [0.29, 0.717) is 6.73 Å². The molecule has 1 aliphatic rings. The van der Waals surface area contributed by atoms with Crippen molar-refractivity contribution in [3.63, 3.8) is 0 Å². The maximum atomic E-state index is 9.80. The molecule has 0 amide bonds. The number of hydrogen-bond acceptors (Lipinski definition) is 4. The Morgan fingerprint density at radius 3 is 2.90 bits per heavy atom. The normalized spacial score (nSPS) is 23.2. The van der Waals surface area contributed by atoms with E-state index in [1.54, 1.807) is 10.9 Å². The molecular formula is C14H27N3O2Si. The zero-order valence-corrected chi connectivity index (χ0v) is 13.8.